The third kappa shape index (κ3) is 4.92. The summed E-state index contributed by atoms with van der Waals surface area (Å²) >= 11 is 0. The van der Waals surface area contributed by atoms with Crippen LogP contribution in [0, 0.1) is 0 Å². The Labute approximate surface area is 155 Å². The van der Waals surface area contributed by atoms with Gasteiger partial charge in [0.2, 0.25) is 0 Å². The molecule has 0 aliphatic heterocycles. The van der Waals surface area contributed by atoms with Crippen molar-refractivity contribution in [1.82, 2.24) is 20.1 Å². The van der Waals surface area contributed by atoms with Crippen molar-refractivity contribution in [3.8, 4) is 11.5 Å². The van der Waals surface area contributed by atoms with Gasteiger partial charge in [-0.15, -0.1) is 0 Å². The van der Waals surface area contributed by atoms with Crippen LogP contribution in [0.25, 0.3) is 0 Å². The molecule has 0 fully saturated rings. The first-order chi connectivity index (χ1) is 12.8. The van der Waals surface area contributed by atoms with Crippen molar-refractivity contribution < 1.29 is 4.74 Å². The third-order valence-corrected chi connectivity index (χ3v) is 4.38. The Kier molecular flexibility index (Phi) is 6.39. The van der Waals surface area contributed by atoms with Crippen LogP contribution in [-0.4, -0.2) is 21.3 Å². The van der Waals surface area contributed by atoms with E-state index in [9.17, 15) is 0 Å². The Bertz CT molecular complexity index is 783. The largest absolute Gasteiger partial charge is 0.457 e. The van der Waals surface area contributed by atoms with E-state index in [1.54, 1.807) is 6.33 Å². The fourth-order valence-corrected chi connectivity index (χ4v) is 2.97. The molecule has 1 unspecified atom stereocenters. The molecular weight excluding hydrogens is 324 g/mol. The molecule has 2 aromatic carbocycles. The Morgan fingerprint density at radius 1 is 1.04 bits per heavy atom. The van der Waals surface area contributed by atoms with E-state index >= 15 is 0 Å². The number of para-hydroxylation sites is 1. The van der Waals surface area contributed by atoms with Crippen molar-refractivity contribution in [3.05, 3.63) is 72.3 Å². The average Bonchev–Trinajstić information content (AvgIpc) is 3.07. The summed E-state index contributed by atoms with van der Waals surface area (Å²) < 4.78 is 7.70. The van der Waals surface area contributed by atoms with Crippen LogP contribution >= 0.6 is 0 Å². The molecule has 3 rings (SSSR count). The Morgan fingerprint density at radius 2 is 1.77 bits per heavy atom. The highest BCUT2D eigenvalue weighted by atomic mass is 16.5. The van der Waals surface area contributed by atoms with Gasteiger partial charge in [0.25, 0.3) is 0 Å². The van der Waals surface area contributed by atoms with Crippen LogP contribution in [0.5, 0.6) is 11.5 Å². The van der Waals surface area contributed by atoms with Crippen LogP contribution in [0.3, 0.4) is 0 Å². The van der Waals surface area contributed by atoms with Gasteiger partial charge in [-0.2, -0.15) is 5.10 Å². The van der Waals surface area contributed by atoms with Crippen LogP contribution < -0.4 is 10.1 Å². The molecule has 3 aromatic rings. The second kappa shape index (κ2) is 9.15. The van der Waals surface area contributed by atoms with Gasteiger partial charge in [0, 0.05) is 26.1 Å². The fraction of sp³-hybridized carbons (Fsp3) is 0.333. The predicted molar refractivity (Wildman–Crippen MR) is 103 cm³/mol. The van der Waals surface area contributed by atoms with Gasteiger partial charge in [-0.05, 0) is 36.2 Å². The Hall–Kier alpha value is -2.66. The van der Waals surface area contributed by atoms with Crippen molar-refractivity contribution in [2.75, 3.05) is 6.54 Å². The van der Waals surface area contributed by atoms with Crippen molar-refractivity contribution >= 4 is 0 Å². The van der Waals surface area contributed by atoms with E-state index in [4.69, 9.17) is 4.74 Å². The molecule has 0 saturated carbocycles. The molecule has 1 aromatic heterocycles. The summed E-state index contributed by atoms with van der Waals surface area (Å²) in [5.41, 5.74) is 1.28. The molecule has 1 atom stereocenters. The molecule has 5 heteroatoms. The molecular formula is C21H26N4O. The predicted octanol–water partition coefficient (Wildman–Crippen LogP) is 4.28. The summed E-state index contributed by atoms with van der Waals surface area (Å²) in [5, 5.41) is 7.77. The van der Waals surface area contributed by atoms with Gasteiger partial charge in [0.1, 0.15) is 23.7 Å². The summed E-state index contributed by atoms with van der Waals surface area (Å²) in [6.07, 6.45) is 4.69. The maximum Gasteiger partial charge on any atom is 0.138 e. The maximum absolute atomic E-state index is 5.88. The molecule has 5 nitrogen and oxygen atoms in total. The minimum absolute atomic E-state index is 0.332. The van der Waals surface area contributed by atoms with Gasteiger partial charge in [-0.3, -0.25) is 4.68 Å². The number of benzene rings is 2. The smallest absolute Gasteiger partial charge is 0.138 e. The lowest BCUT2D eigenvalue weighted by Crippen LogP contribution is -2.24. The summed E-state index contributed by atoms with van der Waals surface area (Å²) in [5.74, 6) is 2.71. The quantitative estimate of drug-likeness (QED) is 0.626. The lowest BCUT2D eigenvalue weighted by molar-refractivity contribution is 0.477. The van der Waals surface area contributed by atoms with Gasteiger partial charge in [0.05, 0.1) is 0 Å². The molecule has 26 heavy (non-hydrogen) atoms. The van der Waals surface area contributed by atoms with E-state index in [0.717, 1.165) is 43.1 Å². The van der Waals surface area contributed by atoms with E-state index in [1.165, 1.54) is 5.56 Å². The molecule has 0 spiro atoms. The zero-order valence-corrected chi connectivity index (χ0v) is 15.4. The minimum atomic E-state index is 0.332. The Balaban J connectivity index is 1.59. The minimum Gasteiger partial charge on any atom is -0.457 e. The van der Waals surface area contributed by atoms with Gasteiger partial charge in [-0.25, -0.2) is 4.98 Å². The summed E-state index contributed by atoms with van der Waals surface area (Å²) in [6, 6.07) is 18.6. The number of aryl methyl sites for hydroxylation is 1. The molecule has 136 valence electrons. The molecule has 0 radical (unpaired) electrons. The number of hydrogen-bond acceptors (Lipinski definition) is 4. The van der Waals surface area contributed by atoms with E-state index < -0.39 is 0 Å². The average molecular weight is 350 g/mol. The first kappa shape index (κ1) is 18.1. The van der Waals surface area contributed by atoms with Crippen molar-refractivity contribution in [1.29, 1.82) is 0 Å². The molecule has 0 saturated heterocycles. The topological polar surface area (TPSA) is 52.0 Å². The van der Waals surface area contributed by atoms with Crippen molar-refractivity contribution in [3.63, 3.8) is 0 Å². The zero-order valence-electron chi connectivity index (χ0n) is 15.4. The highest BCUT2D eigenvalue weighted by molar-refractivity contribution is 5.34. The van der Waals surface area contributed by atoms with Crippen molar-refractivity contribution in [2.45, 2.75) is 32.2 Å². The van der Waals surface area contributed by atoms with E-state index in [1.807, 2.05) is 54.2 Å². The standard InChI is InChI=1S/C21H26N4O/c1-3-7-20(22-15-14-21-23-16-24-25(21)2)17-10-12-19(13-11-17)26-18-8-5-4-6-9-18/h4-6,8-13,16,20,22H,3,7,14-15H2,1-2H3. The molecule has 0 aliphatic carbocycles. The third-order valence-electron chi connectivity index (χ3n) is 4.38. The maximum atomic E-state index is 5.88. The number of ether oxygens (including phenoxy) is 1. The van der Waals surface area contributed by atoms with E-state index in [2.05, 4.69) is 34.5 Å². The van der Waals surface area contributed by atoms with Crippen LogP contribution in [0.4, 0.5) is 0 Å². The van der Waals surface area contributed by atoms with Gasteiger partial charge < -0.3 is 10.1 Å². The monoisotopic (exact) mass is 350 g/mol. The van der Waals surface area contributed by atoms with Gasteiger partial charge in [0.15, 0.2) is 0 Å². The lowest BCUT2D eigenvalue weighted by atomic mass is 10.0. The van der Waals surface area contributed by atoms with Crippen LogP contribution in [-0.2, 0) is 13.5 Å². The second-order valence-electron chi connectivity index (χ2n) is 6.33. The first-order valence-electron chi connectivity index (χ1n) is 9.15. The van der Waals surface area contributed by atoms with E-state index in [0.29, 0.717) is 6.04 Å². The Morgan fingerprint density at radius 3 is 2.42 bits per heavy atom. The number of nitrogens with zero attached hydrogens (tertiary/aromatic N) is 3. The SMILES string of the molecule is CCCC(NCCc1ncnn1C)c1ccc(Oc2ccccc2)cc1. The van der Waals surface area contributed by atoms with Gasteiger partial charge in [-0.1, -0.05) is 43.7 Å². The first-order valence-corrected chi connectivity index (χ1v) is 9.15. The van der Waals surface area contributed by atoms with E-state index in [-0.39, 0.29) is 0 Å². The van der Waals surface area contributed by atoms with Crippen LogP contribution in [0.2, 0.25) is 0 Å². The normalized spacial score (nSPS) is 12.1. The van der Waals surface area contributed by atoms with Crippen LogP contribution in [0.1, 0.15) is 37.2 Å². The van der Waals surface area contributed by atoms with Gasteiger partial charge >= 0.3 is 0 Å². The molecule has 0 aliphatic rings. The highest BCUT2D eigenvalue weighted by Crippen LogP contribution is 2.25. The number of aromatic nitrogens is 3. The fourth-order valence-electron chi connectivity index (χ4n) is 2.97. The molecule has 1 N–H and O–H groups in total. The summed E-state index contributed by atoms with van der Waals surface area (Å²) in [6.45, 7) is 3.09. The highest BCUT2D eigenvalue weighted by Gasteiger charge is 2.11. The number of rotatable bonds is 9. The molecule has 0 amide bonds. The second-order valence-corrected chi connectivity index (χ2v) is 6.33. The molecule has 1 heterocycles. The molecule has 0 bridgehead atoms. The lowest BCUT2D eigenvalue weighted by Gasteiger charge is -2.19. The van der Waals surface area contributed by atoms with Crippen LogP contribution in [0.15, 0.2) is 60.9 Å². The number of hydrogen-bond donors (Lipinski definition) is 1. The van der Waals surface area contributed by atoms with Crippen molar-refractivity contribution in [2.24, 2.45) is 7.05 Å². The summed E-state index contributed by atoms with van der Waals surface area (Å²) in [4.78, 5) is 4.28. The number of nitrogens with one attached hydrogen (secondary N) is 1. The summed E-state index contributed by atoms with van der Waals surface area (Å²) in [7, 11) is 1.93. The zero-order chi connectivity index (χ0) is 18.2.